The van der Waals surface area contributed by atoms with Crippen LogP contribution in [-0.2, 0) is 27.1 Å². The third kappa shape index (κ3) is 11.7. The Morgan fingerprint density at radius 2 is 0.440 bits per heavy atom. The maximum atomic E-state index is 4.96. The molecule has 0 spiro atoms. The van der Waals surface area contributed by atoms with Crippen molar-refractivity contribution in [2.75, 3.05) is 0 Å². The molecule has 1 aromatic heterocycles. The van der Waals surface area contributed by atoms with E-state index in [0.717, 1.165) is 11.4 Å². The molecule has 0 aliphatic heterocycles. The van der Waals surface area contributed by atoms with Crippen molar-refractivity contribution >= 4 is 97.0 Å². The van der Waals surface area contributed by atoms with Gasteiger partial charge in [-0.2, -0.15) is 0 Å². The van der Waals surface area contributed by atoms with Crippen molar-refractivity contribution in [2.24, 2.45) is 0 Å². The Balaban J connectivity index is 0.000000105. The van der Waals surface area contributed by atoms with Gasteiger partial charge in [0.1, 0.15) is 0 Å². The predicted octanol–water partition coefficient (Wildman–Crippen LogP) is 37.4. The number of aromatic nitrogens is 2. The highest BCUT2D eigenvalue weighted by atomic mass is 14.8. The minimum Gasteiger partial charge on any atom is -0.256 e. The van der Waals surface area contributed by atoms with Gasteiger partial charge in [0.2, 0.25) is 0 Å². The Morgan fingerprint density at radius 1 is 0.156 bits per heavy atom. The van der Waals surface area contributed by atoms with Gasteiger partial charge >= 0.3 is 0 Å². The number of rotatable bonds is 8. The molecular formula is C139H100N2. The molecule has 1 heterocycles. The largest absolute Gasteiger partial charge is 0.256 e. The van der Waals surface area contributed by atoms with Gasteiger partial charge < -0.3 is 0 Å². The number of hydrogen-bond donors (Lipinski definition) is 0. The summed E-state index contributed by atoms with van der Waals surface area (Å²) in [7, 11) is 0. The van der Waals surface area contributed by atoms with Crippen molar-refractivity contribution in [1.82, 2.24) is 9.97 Å². The first-order valence-corrected chi connectivity index (χ1v) is 50.1. The molecule has 666 valence electrons. The van der Waals surface area contributed by atoms with Gasteiger partial charge in [-0.05, 0) is 317 Å². The molecule has 5 aliphatic rings. The first-order chi connectivity index (χ1) is 68.8. The van der Waals surface area contributed by atoms with Gasteiger partial charge in [-0.1, -0.05) is 445 Å². The fraction of sp³-hybridized carbons (Fsp3) is 0.108. The predicted molar refractivity (Wildman–Crippen MR) is 597 cm³/mol. The summed E-state index contributed by atoms with van der Waals surface area (Å²) in [4.78, 5) is 9.89. The van der Waals surface area contributed by atoms with E-state index in [4.69, 9.17) is 9.97 Å². The zero-order chi connectivity index (χ0) is 94.6. The summed E-state index contributed by atoms with van der Waals surface area (Å²) in [5, 5.41) is 23.9. The topological polar surface area (TPSA) is 25.8 Å². The van der Waals surface area contributed by atoms with E-state index in [2.05, 4.69) is 482 Å². The number of fused-ring (bicyclic) bond motifs is 18. The smallest absolute Gasteiger partial charge is 0.0936 e. The number of nitrogens with zero attached hydrogens (tertiary/aromatic N) is 2. The fourth-order valence-electron chi connectivity index (χ4n) is 27.1. The van der Waals surface area contributed by atoms with Crippen LogP contribution in [0.5, 0.6) is 0 Å². The summed E-state index contributed by atoms with van der Waals surface area (Å²) in [6, 6.07) is 154. The van der Waals surface area contributed by atoms with Crippen molar-refractivity contribution in [2.45, 2.75) is 96.3 Å². The Hall–Kier alpha value is -16.5. The van der Waals surface area contributed by atoms with Gasteiger partial charge in [0.05, 0.1) is 11.4 Å². The molecular weight excluding hydrogens is 1700 g/mol. The van der Waals surface area contributed by atoms with Crippen LogP contribution in [0.3, 0.4) is 0 Å². The molecule has 5 aliphatic carbocycles. The first-order valence-electron chi connectivity index (χ1n) is 50.1. The van der Waals surface area contributed by atoms with Gasteiger partial charge in [-0.3, -0.25) is 9.97 Å². The molecule has 0 saturated heterocycles. The van der Waals surface area contributed by atoms with Crippen LogP contribution in [0.1, 0.15) is 125 Å². The second-order valence-electron chi connectivity index (χ2n) is 42.6. The molecule has 24 aromatic carbocycles. The summed E-state index contributed by atoms with van der Waals surface area (Å²) < 4.78 is 0. The van der Waals surface area contributed by atoms with Crippen LogP contribution >= 0.6 is 0 Å². The van der Waals surface area contributed by atoms with Gasteiger partial charge in [0.15, 0.2) is 0 Å². The molecule has 25 aromatic rings. The van der Waals surface area contributed by atoms with Crippen LogP contribution in [0.4, 0.5) is 0 Å². The van der Waals surface area contributed by atoms with Gasteiger partial charge in [0, 0.05) is 45.0 Å². The van der Waals surface area contributed by atoms with Gasteiger partial charge in [-0.15, -0.1) is 0 Å². The maximum absolute atomic E-state index is 4.96. The van der Waals surface area contributed by atoms with E-state index < -0.39 is 0 Å². The summed E-state index contributed by atoms with van der Waals surface area (Å²) in [6.07, 6.45) is 3.67. The summed E-state index contributed by atoms with van der Waals surface area (Å²) in [5.74, 6) is 0. The Morgan fingerprint density at radius 3 is 0.858 bits per heavy atom. The lowest BCUT2D eigenvalue weighted by molar-refractivity contribution is 0.640. The Labute approximate surface area is 822 Å². The van der Waals surface area contributed by atoms with E-state index in [1.54, 1.807) is 0 Å². The van der Waals surface area contributed by atoms with E-state index in [9.17, 15) is 0 Å². The summed E-state index contributed by atoms with van der Waals surface area (Å²) in [5.41, 5.74) is 46.6. The summed E-state index contributed by atoms with van der Waals surface area (Å²) >= 11 is 0. The monoisotopic (exact) mass is 1800 g/mol. The highest BCUT2D eigenvalue weighted by molar-refractivity contribution is 6.36. The minimum absolute atomic E-state index is 0.0731. The van der Waals surface area contributed by atoms with Crippen molar-refractivity contribution in [3.05, 3.63) is 481 Å². The molecule has 0 amide bonds. The summed E-state index contributed by atoms with van der Waals surface area (Å²) in [6.45, 7) is 23.8. The lowest BCUT2D eigenvalue weighted by atomic mass is 9.76. The molecule has 30 rings (SSSR count). The van der Waals surface area contributed by atoms with Gasteiger partial charge in [-0.25, -0.2) is 0 Å². The van der Waals surface area contributed by atoms with E-state index >= 15 is 0 Å². The second-order valence-corrected chi connectivity index (χ2v) is 42.6. The van der Waals surface area contributed by atoms with Crippen molar-refractivity contribution in [3.8, 4) is 145 Å². The van der Waals surface area contributed by atoms with Crippen LogP contribution < -0.4 is 0 Å². The average Bonchev–Trinajstić information content (AvgIpc) is 1.55. The molecule has 2 heteroatoms. The number of hydrogen-bond acceptors (Lipinski definition) is 2. The third-order valence-corrected chi connectivity index (χ3v) is 33.5. The zero-order valence-electron chi connectivity index (χ0n) is 80.8. The molecule has 0 radical (unpaired) electrons. The molecule has 0 atom stereocenters. The van der Waals surface area contributed by atoms with Crippen molar-refractivity contribution < 1.29 is 0 Å². The van der Waals surface area contributed by atoms with Crippen LogP contribution in [-0.4, -0.2) is 9.97 Å². The standard InChI is InChI=1S/C55H42.C43H30.C41H28N2/c1-53(2)45-16-10-7-13-34(45)37-22-19-31(28-48(37)53)42-30-43(32-20-23-38-35-14-8-11-17-46(35)54(3,4)49(38)29-32)40-25-26-41-50-33(21-24-39(42)51(40)50)27-44-36-15-9-12-18-47(36)55(5,6)52(41)44;1-43(2)37-21-13-12-20-32(37)41-38(29-18-10-5-11-19-29)33-24-22-30-35(27-14-6-3-7-15-27)26-36(28-16-8-4-9-17-28)31-23-25-34(42(41)43)40(33)39(30)31;1-41(2)38-31-21-19-29-33(26-14-8-4-9-15-26)24-32(25-12-6-3-7-13-25)28-18-20-30(36(31)35(28)29)34(27-16-10-5-11-17-27)37(38)39-40(41)43-23-22-42-39/h7-30H,1-6H3;3-26H,1-2H3;3-24H,1-2H3. The lowest BCUT2D eigenvalue weighted by Gasteiger charge is -2.27. The Bertz CT molecular complexity index is 8990. The van der Waals surface area contributed by atoms with Crippen LogP contribution in [0.15, 0.2) is 425 Å². The first kappa shape index (κ1) is 82.7. The Kier molecular flexibility index (Phi) is 17.7. The molecule has 0 fully saturated rings. The molecule has 141 heavy (non-hydrogen) atoms. The second kappa shape index (κ2) is 30.2. The fourth-order valence-corrected chi connectivity index (χ4v) is 27.1. The van der Waals surface area contributed by atoms with Crippen molar-refractivity contribution in [3.63, 3.8) is 0 Å². The van der Waals surface area contributed by atoms with Crippen LogP contribution in [0, 0.1) is 0 Å². The molecule has 0 bridgehead atoms. The highest BCUT2D eigenvalue weighted by Gasteiger charge is 2.46. The van der Waals surface area contributed by atoms with E-state index in [1.807, 2.05) is 12.4 Å². The zero-order valence-corrected chi connectivity index (χ0v) is 80.8. The van der Waals surface area contributed by atoms with Crippen LogP contribution in [0.2, 0.25) is 0 Å². The highest BCUT2D eigenvalue weighted by Crippen LogP contribution is 2.64. The normalized spacial score (nSPS) is 14.6. The quantitative estimate of drug-likeness (QED) is 0.142. The van der Waals surface area contributed by atoms with Crippen molar-refractivity contribution in [1.29, 1.82) is 0 Å². The van der Waals surface area contributed by atoms with E-state index in [-0.39, 0.29) is 27.1 Å². The molecule has 0 saturated carbocycles. The third-order valence-electron chi connectivity index (χ3n) is 33.5. The van der Waals surface area contributed by atoms with Crippen LogP contribution in [0.25, 0.3) is 242 Å². The van der Waals surface area contributed by atoms with E-state index in [0.29, 0.717) is 0 Å². The SMILES string of the molecule is CC1(C)c2ccccc2-c2c(-c3ccccc3)c3ccc4c(-c5ccccc5)cc(-c5ccccc5)c5ccc(c21)c3c45.CC1(C)c2ccccc2-c2ccc(-c3cc(-c4ccc5c(c4)C(C)(C)c4ccccc4-5)c4ccc5c6c(cc7ccc3c4c75)-c3ccccc3C6(C)C)cc21.CC1(C)c2nccnc2-c2c(-c3ccccc3)c3ccc4c(-c5ccccc5)cc(-c5ccccc5)c5ccc(c21)c3c45. The molecule has 2 nitrogen and oxygen atoms in total. The maximum Gasteiger partial charge on any atom is 0.0936 e. The average molecular weight is 1800 g/mol. The minimum atomic E-state index is -0.296. The molecule has 0 N–H and O–H groups in total. The molecule has 0 unspecified atom stereocenters. The van der Waals surface area contributed by atoms with E-state index in [1.165, 1.54) is 286 Å². The lowest BCUT2D eigenvalue weighted by Crippen LogP contribution is -2.17. The van der Waals surface area contributed by atoms with Gasteiger partial charge in [0.25, 0.3) is 0 Å². The number of benzene rings is 24.